The molecule has 1 aromatic carbocycles. The van der Waals surface area contributed by atoms with E-state index in [1.54, 1.807) is 23.1 Å². The molecule has 1 aliphatic heterocycles. The number of nitrogens with zero attached hydrogens (tertiary/aromatic N) is 1. The summed E-state index contributed by atoms with van der Waals surface area (Å²) in [6, 6.07) is 5.19. The molecule has 1 aromatic rings. The summed E-state index contributed by atoms with van der Waals surface area (Å²) in [6.07, 6.45) is 0. The maximum atomic E-state index is 12.0. The van der Waals surface area contributed by atoms with E-state index in [9.17, 15) is 9.90 Å². The van der Waals surface area contributed by atoms with Gasteiger partial charge in [-0.1, -0.05) is 37.0 Å². The minimum Gasteiger partial charge on any atom is -0.386 e. The summed E-state index contributed by atoms with van der Waals surface area (Å²) in [5, 5.41) is 11.3. The topological polar surface area (TPSA) is 40.5 Å². The number of carbonyl (C=O) groups is 1. The maximum Gasteiger partial charge on any atom is 0.233 e. The molecule has 1 amide bonds. The Kier molecular flexibility index (Phi) is 4.90. The number of hydrogen-bond donors (Lipinski definition) is 1. The first-order chi connectivity index (χ1) is 9.32. The number of rotatable bonds is 4. The fourth-order valence-corrected chi connectivity index (χ4v) is 3.37. The van der Waals surface area contributed by atoms with Gasteiger partial charge in [-0.2, -0.15) is 0 Å². The predicted octanol–water partition coefficient (Wildman–Crippen LogP) is 3.31. The van der Waals surface area contributed by atoms with Crippen molar-refractivity contribution in [2.24, 2.45) is 5.92 Å². The lowest BCUT2D eigenvalue weighted by Crippen LogP contribution is -2.66. The normalized spacial score (nSPS) is 17.2. The van der Waals surface area contributed by atoms with Crippen LogP contribution in [0, 0.1) is 5.92 Å². The first-order valence-electron chi connectivity index (χ1n) is 6.40. The molecular weight excluding hydrogens is 317 g/mol. The van der Waals surface area contributed by atoms with Crippen molar-refractivity contribution in [1.29, 1.82) is 0 Å². The van der Waals surface area contributed by atoms with Gasteiger partial charge in [-0.15, -0.1) is 11.8 Å². The summed E-state index contributed by atoms with van der Waals surface area (Å²) >= 11 is 13.3. The van der Waals surface area contributed by atoms with Crippen LogP contribution < -0.4 is 0 Å². The Hall–Kier alpha value is -0.420. The number of halogens is 2. The maximum absolute atomic E-state index is 12.0. The number of hydrogen-bond acceptors (Lipinski definition) is 3. The lowest BCUT2D eigenvalue weighted by molar-refractivity contribution is -0.161. The van der Waals surface area contributed by atoms with E-state index in [1.165, 1.54) is 11.8 Å². The van der Waals surface area contributed by atoms with Crippen molar-refractivity contribution >= 4 is 40.9 Å². The Labute approximate surface area is 133 Å². The van der Waals surface area contributed by atoms with Gasteiger partial charge in [-0.05, 0) is 24.1 Å². The van der Waals surface area contributed by atoms with Gasteiger partial charge in [-0.25, -0.2) is 0 Å². The first-order valence-corrected chi connectivity index (χ1v) is 8.14. The summed E-state index contributed by atoms with van der Waals surface area (Å²) in [6.45, 7) is 4.74. The summed E-state index contributed by atoms with van der Waals surface area (Å²) in [7, 11) is 0. The molecule has 0 saturated carbocycles. The SMILES string of the molecule is CC(C)C1(O)CN(C(=O)CSc2cc(Cl)ccc2Cl)C1. The third-order valence-corrected chi connectivity index (χ3v) is 5.32. The molecular formula is C14H17Cl2NO2S. The number of likely N-dealkylation sites (tertiary alicyclic amines) is 1. The molecule has 1 heterocycles. The lowest BCUT2D eigenvalue weighted by Gasteiger charge is -2.49. The molecule has 20 heavy (non-hydrogen) atoms. The Bertz CT molecular complexity index is 516. The lowest BCUT2D eigenvalue weighted by atomic mass is 9.83. The van der Waals surface area contributed by atoms with Crippen molar-refractivity contribution in [2.75, 3.05) is 18.8 Å². The highest BCUT2D eigenvalue weighted by Crippen LogP contribution is 2.32. The molecule has 3 nitrogen and oxygen atoms in total. The highest BCUT2D eigenvalue weighted by atomic mass is 35.5. The van der Waals surface area contributed by atoms with Gasteiger partial charge < -0.3 is 10.0 Å². The molecule has 0 unspecified atom stereocenters. The first kappa shape index (κ1) is 16.0. The Morgan fingerprint density at radius 3 is 2.70 bits per heavy atom. The van der Waals surface area contributed by atoms with Crippen LogP contribution in [0.2, 0.25) is 10.0 Å². The van der Waals surface area contributed by atoms with Gasteiger partial charge in [0.15, 0.2) is 0 Å². The van der Waals surface area contributed by atoms with Crippen LogP contribution in [0.4, 0.5) is 0 Å². The van der Waals surface area contributed by atoms with Crippen LogP contribution in [0.1, 0.15) is 13.8 Å². The largest absolute Gasteiger partial charge is 0.386 e. The molecule has 1 saturated heterocycles. The van der Waals surface area contributed by atoms with Gasteiger partial charge in [0.2, 0.25) is 5.91 Å². The minimum absolute atomic E-state index is 0.0105. The van der Waals surface area contributed by atoms with Crippen LogP contribution in [0.25, 0.3) is 0 Å². The molecule has 6 heteroatoms. The standard InChI is InChI=1S/C14H17Cl2NO2S/c1-9(2)14(19)7-17(8-14)13(18)6-20-12-5-10(15)3-4-11(12)16/h3-5,9,19H,6-8H2,1-2H3. The van der Waals surface area contributed by atoms with Crippen molar-refractivity contribution in [3.8, 4) is 0 Å². The van der Waals surface area contributed by atoms with Crippen molar-refractivity contribution in [1.82, 2.24) is 4.90 Å². The van der Waals surface area contributed by atoms with E-state index < -0.39 is 5.60 Å². The molecule has 1 fully saturated rings. The van der Waals surface area contributed by atoms with Gasteiger partial charge in [-0.3, -0.25) is 4.79 Å². The molecule has 110 valence electrons. The zero-order chi connectivity index (χ0) is 14.9. The number of amides is 1. The molecule has 1 N–H and O–H groups in total. The van der Waals surface area contributed by atoms with E-state index in [-0.39, 0.29) is 11.8 Å². The van der Waals surface area contributed by atoms with E-state index >= 15 is 0 Å². The molecule has 0 spiro atoms. The summed E-state index contributed by atoms with van der Waals surface area (Å²) < 4.78 is 0. The van der Waals surface area contributed by atoms with Gasteiger partial charge in [0, 0.05) is 9.92 Å². The molecule has 0 radical (unpaired) electrons. The zero-order valence-corrected chi connectivity index (χ0v) is 13.7. The van der Waals surface area contributed by atoms with Crippen LogP contribution in [0.5, 0.6) is 0 Å². The Morgan fingerprint density at radius 2 is 2.10 bits per heavy atom. The highest BCUT2D eigenvalue weighted by molar-refractivity contribution is 8.00. The second-order valence-electron chi connectivity index (χ2n) is 5.37. The van der Waals surface area contributed by atoms with E-state index in [4.69, 9.17) is 23.2 Å². The molecule has 0 aromatic heterocycles. The predicted molar refractivity (Wildman–Crippen MR) is 83.6 cm³/mol. The summed E-state index contributed by atoms with van der Waals surface area (Å²) in [5.74, 6) is 0.465. The van der Waals surface area contributed by atoms with Crippen molar-refractivity contribution < 1.29 is 9.90 Å². The van der Waals surface area contributed by atoms with Crippen LogP contribution in [-0.4, -0.2) is 40.4 Å². The van der Waals surface area contributed by atoms with Crippen molar-refractivity contribution in [2.45, 2.75) is 24.3 Å². The average molecular weight is 334 g/mol. The molecule has 2 rings (SSSR count). The molecule has 0 atom stereocenters. The molecule has 0 bridgehead atoms. The van der Waals surface area contributed by atoms with Gasteiger partial charge in [0.25, 0.3) is 0 Å². The van der Waals surface area contributed by atoms with Gasteiger partial charge in [0.1, 0.15) is 5.60 Å². The van der Waals surface area contributed by atoms with Crippen LogP contribution >= 0.6 is 35.0 Å². The third kappa shape index (κ3) is 3.42. The number of aliphatic hydroxyl groups is 1. The average Bonchev–Trinajstić information content (AvgIpc) is 2.35. The highest BCUT2D eigenvalue weighted by Gasteiger charge is 2.45. The van der Waals surface area contributed by atoms with Crippen molar-refractivity contribution in [3.05, 3.63) is 28.2 Å². The second-order valence-corrected chi connectivity index (χ2v) is 7.23. The number of carbonyl (C=O) groups excluding carboxylic acids is 1. The summed E-state index contributed by atoms with van der Waals surface area (Å²) in [4.78, 5) is 14.5. The van der Waals surface area contributed by atoms with Crippen LogP contribution in [0.15, 0.2) is 23.1 Å². The monoisotopic (exact) mass is 333 g/mol. The summed E-state index contributed by atoms with van der Waals surface area (Å²) in [5.41, 5.74) is -0.728. The molecule has 0 aliphatic carbocycles. The Balaban J connectivity index is 1.87. The fourth-order valence-electron chi connectivity index (χ4n) is 1.97. The van der Waals surface area contributed by atoms with Crippen LogP contribution in [0.3, 0.4) is 0 Å². The quantitative estimate of drug-likeness (QED) is 0.859. The third-order valence-electron chi connectivity index (χ3n) is 3.60. The second kappa shape index (κ2) is 6.14. The molecule has 1 aliphatic rings. The van der Waals surface area contributed by atoms with Gasteiger partial charge >= 0.3 is 0 Å². The Morgan fingerprint density at radius 1 is 1.45 bits per heavy atom. The fraction of sp³-hybridized carbons (Fsp3) is 0.500. The minimum atomic E-state index is -0.728. The van der Waals surface area contributed by atoms with Gasteiger partial charge in [0.05, 0.1) is 23.9 Å². The van der Waals surface area contributed by atoms with E-state index in [0.29, 0.717) is 28.9 Å². The van der Waals surface area contributed by atoms with E-state index in [1.807, 2.05) is 13.8 Å². The zero-order valence-electron chi connectivity index (χ0n) is 11.4. The number of β-amino-alcohol motifs (C(OH)–C–C–N with tert-alkyl or cyclic N) is 1. The van der Waals surface area contributed by atoms with Crippen molar-refractivity contribution in [3.63, 3.8) is 0 Å². The number of thioether (sulfide) groups is 1. The van der Waals surface area contributed by atoms with E-state index in [0.717, 1.165) is 4.90 Å². The smallest absolute Gasteiger partial charge is 0.233 e. The van der Waals surface area contributed by atoms with Crippen LogP contribution in [-0.2, 0) is 4.79 Å². The number of benzene rings is 1. The van der Waals surface area contributed by atoms with E-state index in [2.05, 4.69) is 0 Å².